The Hall–Kier alpha value is -3.24. The molecule has 1 unspecified atom stereocenters. The lowest BCUT2D eigenvalue weighted by molar-refractivity contribution is -0.118. The van der Waals surface area contributed by atoms with Gasteiger partial charge in [0.15, 0.2) is 0 Å². The van der Waals surface area contributed by atoms with Crippen molar-refractivity contribution in [3.8, 4) is 0 Å². The maximum atomic E-state index is 13.0. The molecule has 0 heterocycles. The maximum Gasteiger partial charge on any atom is 0.266 e. The summed E-state index contributed by atoms with van der Waals surface area (Å²) in [7, 11) is -1.70. The smallest absolute Gasteiger partial charge is 0.266 e. The van der Waals surface area contributed by atoms with E-state index in [0.717, 1.165) is 6.07 Å². The molecule has 33 heavy (non-hydrogen) atoms. The highest BCUT2D eigenvalue weighted by atomic mass is 35.5. The Kier molecular flexibility index (Phi) is 7.83. The third-order valence-electron chi connectivity index (χ3n) is 4.78. The summed E-state index contributed by atoms with van der Waals surface area (Å²) in [6.07, 6.45) is 0. The van der Waals surface area contributed by atoms with E-state index in [9.17, 15) is 18.0 Å². The van der Waals surface area contributed by atoms with Crippen molar-refractivity contribution in [3.63, 3.8) is 0 Å². The number of para-hydroxylation sites is 1. The minimum atomic E-state index is -4.09. The number of rotatable bonds is 8. The van der Waals surface area contributed by atoms with Gasteiger partial charge in [-0.25, -0.2) is 8.42 Å². The van der Waals surface area contributed by atoms with Gasteiger partial charge in [-0.2, -0.15) is 0 Å². The molecule has 0 saturated carbocycles. The van der Waals surface area contributed by atoms with E-state index in [2.05, 4.69) is 10.6 Å². The number of halogens is 1. The number of hydrogen-bond acceptors (Lipinski definition) is 5. The Labute approximate surface area is 197 Å². The van der Waals surface area contributed by atoms with Crippen molar-refractivity contribution in [1.82, 2.24) is 9.79 Å². The van der Waals surface area contributed by atoms with Crippen LogP contribution in [0.2, 0.25) is 5.02 Å². The van der Waals surface area contributed by atoms with Crippen LogP contribution in [0.25, 0.3) is 0 Å². The van der Waals surface area contributed by atoms with Crippen molar-refractivity contribution < 1.29 is 22.8 Å². The largest absolute Gasteiger partial charge is 0.336 e. The van der Waals surface area contributed by atoms with Crippen LogP contribution in [0.4, 0.5) is 5.69 Å². The Bertz CT molecular complexity index is 1240. The van der Waals surface area contributed by atoms with Crippen LogP contribution in [0.1, 0.15) is 22.0 Å². The van der Waals surface area contributed by atoms with Gasteiger partial charge in [-0.3, -0.25) is 14.4 Å². The van der Waals surface area contributed by atoms with Crippen LogP contribution in [0, 0.1) is 0 Å². The number of carbonyl (C=O) groups excluding carboxylic acids is 2. The lowest BCUT2D eigenvalue weighted by Crippen LogP contribution is -2.37. The molecule has 172 valence electrons. The molecule has 3 aromatic rings. The number of amides is 2. The van der Waals surface area contributed by atoms with Crippen molar-refractivity contribution in [1.29, 1.82) is 0 Å². The third kappa shape index (κ3) is 5.77. The number of anilines is 1. The average molecular weight is 488 g/mol. The van der Waals surface area contributed by atoms with Crippen LogP contribution < -0.4 is 10.6 Å². The van der Waals surface area contributed by atoms with Crippen LogP contribution in [-0.2, 0) is 19.7 Å². The molecule has 2 N–H and O–H groups in total. The Balaban J connectivity index is 1.91. The first kappa shape index (κ1) is 24.4. The first-order valence-corrected chi connectivity index (χ1v) is 11.6. The summed E-state index contributed by atoms with van der Waals surface area (Å²) in [6, 6.07) is 20.3. The quantitative estimate of drug-likeness (QED) is 0.472. The number of hydroxylamine groups is 1. The van der Waals surface area contributed by atoms with E-state index in [1.54, 1.807) is 54.6 Å². The van der Waals surface area contributed by atoms with Crippen molar-refractivity contribution in [2.45, 2.75) is 10.9 Å². The molecule has 0 spiro atoms. The van der Waals surface area contributed by atoms with E-state index >= 15 is 0 Å². The third-order valence-corrected chi connectivity index (χ3v) is 6.94. The Morgan fingerprint density at radius 1 is 0.970 bits per heavy atom. The number of nitrogens with zero attached hydrogens (tertiary/aromatic N) is 1. The van der Waals surface area contributed by atoms with Crippen LogP contribution in [0.15, 0.2) is 83.8 Å². The molecule has 0 fully saturated rings. The molecule has 3 aromatic carbocycles. The van der Waals surface area contributed by atoms with Crippen molar-refractivity contribution in [2.24, 2.45) is 0 Å². The van der Waals surface area contributed by atoms with Crippen molar-refractivity contribution in [2.75, 3.05) is 19.5 Å². The number of nitrogens with one attached hydrogen (secondary N) is 2. The van der Waals surface area contributed by atoms with Crippen LogP contribution in [0.5, 0.6) is 0 Å². The zero-order valence-corrected chi connectivity index (χ0v) is 19.4. The Morgan fingerprint density at radius 3 is 2.18 bits per heavy atom. The minimum Gasteiger partial charge on any atom is -0.336 e. The standard InChI is InChI=1S/C23H22ClN3O5S/c1-27(32-2)33(30,31)20-15-17(13-14-19(20)24)22(28)26-21(16-9-5-3-6-10-16)23(29)25-18-11-7-4-8-12-18/h3-15,21H,1-2H3,(H,25,29)(H,26,28). The van der Waals surface area contributed by atoms with Gasteiger partial charge in [0, 0.05) is 18.3 Å². The highest BCUT2D eigenvalue weighted by molar-refractivity contribution is 7.89. The summed E-state index contributed by atoms with van der Waals surface area (Å²) in [5, 5.41) is 5.38. The normalized spacial score (nSPS) is 12.2. The lowest BCUT2D eigenvalue weighted by atomic mass is 10.1. The number of hydrogen-bond donors (Lipinski definition) is 2. The zero-order chi connectivity index (χ0) is 24.0. The van der Waals surface area contributed by atoms with E-state index in [1.807, 2.05) is 6.07 Å². The summed E-state index contributed by atoms with van der Waals surface area (Å²) in [6.45, 7) is 0. The number of benzene rings is 3. The first-order valence-electron chi connectivity index (χ1n) is 9.78. The molecule has 0 radical (unpaired) electrons. The van der Waals surface area contributed by atoms with Gasteiger partial charge in [0.25, 0.3) is 21.8 Å². The summed E-state index contributed by atoms with van der Waals surface area (Å²) in [5.41, 5.74) is 1.14. The van der Waals surface area contributed by atoms with Gasteiger partial charge in [0.05, 0.1) is 12.1 Å². The predicted molar refractivity (Wildman–Crippen MR) is 125 cm³/mol. The maximum absolute atomic E-state index is 13.0. The second-order valence-corrected chi connectivity index (χ2v) is 9.23. The molecule has 0 aromatic heterocycles. The summed E-state index contributed by atoms with van der Waals surface area (Å²) < 4.78 is 25.9. The minimum absolute atomic E-state index is 0.0101. The summed E-state index contributed by atoms with van der Waals surface area (Å²) in [4.78, 5) is 30.5. The second kappa shape index (κ2) is 10.6. The second-order valence-electron chi connectivity index (χ2n) is 6.91. The summed E-state index contributed by atoms with van der Waals surface area (Å²) >= 11 is 6.07. The topological polar surface area (TPSA) is 105 Å². The van der Waals surface area contributed by atoms with Crippen LogP contribution >= 0.6 is 11.6 Å². The molecule has 0 bridgehead atoms. The monoisotopic (exact) mass is 487 g/mol. The van der Waals surface area contributed by atoms with Gasteiger partial charge in [0.2, 0.25) is 0 Å². The van der Waals surface area contributed by atoms with Gasteiger partial charge >= 0.3 is 0 Å². The van der Waals surface area contributed by atoms with E-state index in [4.69, 9.17) is 16.4 Å². The van der Waals surface area contributed by atoms with Gasteiger partial charge in [0.1, 0.15) is 10.9 Å². The molecule has 1 atom stereocenters. The zero-order valence-electron chi connectivity index (χ0n) is 17.9. The summed E-state index contributed by atoms with van der Waals surface area (Å²) in [5.74, 6) is -1.11. The molecular weight excluding hydrogens is 466 g/mol. The first-order chi connectivity index (χ1) is 15.7. The SMILES string of the molecule is CON(C)S(=O)(=O)c1cc(C(=O)NC(C(=O)Nc2ccccc2)c2ccccc2)ccc1Cl. The highest BCUT2D eigenvalue weighted by Gasteiger charge is 2.27. The van der Waals surface area contributed by atoms with E-state index in [1.165, 1.54) is 26.3 Å². The molecule has 0 aliphatic heterocycles. The molecular formula is C23H22ClN3O5S. The average Bonchev–Trinajstić information content (AvgIpc) is 2.83. The Morgan fingerprint density at radius 2 is 1.58 bits per heavy atom. The van der Waals surface area contributed by atoms with Crippen molar-refractivity contribution >= 4 is 39.1 Å². The van der Waals surface area contributed by atoms with Gasteiger partial charge < -0.3 is 10.6 Å². The molecule has 0 saturated heterocycles. The molecule has 10 heteroatoms. The van der Waals surface area contributed by atoms with Gasteiger partial charge in [-0.15, -0.1) is 0 Å². The highest BCUT2D eigenvalue weighted by Crippen LogP contribution is 2.26. The van der Waals surface area contributed by atoms with Gasteiger partial charge in [-0.1, -0.05) is 64.6 Å². The number of sulfonamides is 1. The van der Waals surface area contributed by atoms with Crippen LogP contribution in [0.3, 0.4) is 0 Å². The van der Waals surface area contributed by atoms with E-state index in [0.29, 0.717) is 15.7 Å². The fourth-order valence-electron chi connectivity index (χ4n) is 2.97. The molecule has 2 amide bonds. The fraction of sp³-hybridized carbons (Fsp3) is 0.130. The molecule has 0 aliphatic rings. The van der Waals surface area contributed by atoms with E-state index in [-0.39, 0.29) is 15.5 Å². The lowest BCUT2D eigenvalue weighted by Gasteiger charge is -2.20. The fourth-order valence-corrected chi connectivity index (χ4v) is 4.45. The molecule has 8 nitrogen and oxygen atoms in total. The predicted octanol–water partition coefficient (Wildman–Crippen LogP) is 3.63. The van der Waals surface area contributed by atoms with Gasteiger partial charge in [-0.05, 0) is 35.9 Å². The molecule has 3 rings (SSSR count). The van der Waals surface area contributed by atoms with Crippen molar-refractivity contribution in [3.05, 3.63) is 95.0 Å². The van der Waals surface area contributed by atoms with Crippen LogP contribution in [-0.4, -0.2) is 38.9 Å². The van der Waals surface area contributed by atoms with E-state index < -0.39 is 27.9 Å². The molecule has 0 aliphatic carbocycles. The number of carbonyl (C=O) groups is 2.